The van der Waals surface area contributed by atoms with Crippen LogP contribution in [-0.4, -0.2) is 20.5 Å². The molecule has 1 aromatic carbocycles. The first kappa shape index (κ1) is 15.6. The molecule has 0 aliphatic heterocycles. The van der Waals surface area contributed by atoms with E-state index >= 15 is 0 Å². The fraction of sp³-hybridized carbons (Fsp3) is 0.462. The van der Waals surface area contributed by atoms with Crippen molar-refractivity contribution < 1.29 is 17.9 Å². The molecule has 0 aromatic heterocycles. The lowest BCUT2D eigenvalue weighted by Crippen LogP contribution is -2.21. The Labute approximate surface area is 127 Å². The van der Waals surface area contributed by atoms with Crippen molar-refractivity contribution in [3.8, 4) is 0 Å². The summed E-state index contributed by atoms with van der Waals surface area (Å²) in [6.07, 6.45) is 4.84. The van der Waals surface area contributed by atoms with Gasteiger partial charge in [0.25, 0.3) is 9.05 Å². The van der Waals surface area contributed by atoms with Crippen molar-refractivity contribution in [2.24, 2.45) is 0 Å². The highest BCUT2D eigenvalue weighted by atomic mass is 35.7. The molecule has 1 fully saturated rings. The Bertz CT molecular complexity index is 607. The molecule has 0 heterocycles. The summed E-state index contributed by atoms with van der Waals surface area (Å²) < 4.78 is 28.1. The number of carbonyl (C=O) groups excluding carboxylic acids is 1. The van der Waals surface area contributed by atoms with Crippen molar-refractivity contribution in [1.29, 1.82) is 0 Å². The molecular weight excluding hydrogens is 323 g/mol. The van der Waals surface area contributed by atoms with E-state index in [9.17, 15) is 13.2 Å². The Morgan fingerprint density at radius 3 is 2.45 bits per heavy atom. The molecule has 2 rings (SSSR count). The number of hydrogen-bond acceptors (Lipinski definition) is 4. The number of hydrogen-bond donors (Lipinski definition) is 0. The number of ether oxygens (including phenoxy) is 1. The summed E-state index contributed by atoms with van der Waals surface area (Å²) in [5.41, 5.74) is 0.138. The molecule has 0 bridgehead atoms. The minimum atomic E-state index is -3.99. The quantitative estimate of drug-likeness (QED) is 0.622. The lowest BCUT2D eigenvalue weighted by molar-refractivity contribution is 0.0211. The van der Waals surface area contributed by atoms with Gasteiger partial charge in [-0.2, -0.15) is 0 Å². The lowest BCUT2D eigenvalue weighted by atomic mass is 9.98. The SMILES string of the molecule is O=C(OC1CCCCC1)c1ccc(Cl)c(S(=O)(=O)Cl)c1. The molecule has 7 heteroatoms. The summed E-state index contributed by atoms with van der Waals surface area (Å²) >= 11 is 5.76. The second kappa shape index (κ2) is 6.33. The van der Waals surface area contributed by atoms with E-state index < -0.39 is 15.0 Å². The third-order valence-corrected chi connectivity index (χ3v) is 5.06. The highest BCUT2D eigenvalue weighted by molar-refractivity contribution is 8.13. The van der Waals surface area contributed by atoms with E-state index in [0.717, 1.165) is 38.2 Å². The van der Waals surface area contributed by atoms with Gasteiger partial charge in [0.05, 0.1) is 10.6 Å². The second-order valence-corrected chi connectivity index (χ2v) is 7.69. The number of halogens is 2. The van der Waals surface area contributed by atoms with Gasteiger partial charge >= 0.3 is 5.97 Å². The molecule has 0 N–H and O–H groups in total. The first-order valence-corrected chi connectivity index (χ1v) is 9.02. The van der Waals surface area contributed by atoms with Crippen LogP contribution in [-0.2, 0) is 13.8 Å². The molecule has 110 valence electrons. The van der Waals surface area contributed by atoms with Gasteiger partial charge in [-0.15, -0.1) is 0 Å². The summed E-state index contributed by atoms with van der Waals surface area (Å²) in [6, 6.07) is 3.91. The maximum Gasteiger partial charge on any atom is 0.338 e. The average Bonchev–Trinajstić information content (AvgIpc) is 2.39. The van der Waals surface area contributed by atoms with Crippen LogP contribution in [0.3, 0.4) is 0 Å². The Hall–Kier alpha value is -0.780. The molecular formula is C13H14Cl2O4S. The van der Waals surface area contributed by atoms with Crippen LogP contribution in [0.25, 0.3) is 0 Å². The predicted octanol–water partition coefficient (Wildman–Crippen LogP) is 3.76. The number of carbonyl (C=O) groups is 1. The van der Waals surface area contributed by atoms with E-state index in [1.807, 2.05) is 0 Å². The molecule has 4 nitrogen and oxygen atoms in total. The predicted molar refractivity (Wildman–Crippen MR) is 76.8 cm³/mol. The van der Waals surface area contributed by atoms with Crippen LogP contribution >= 0.6 is 22.3 Å². The van der Waals surface area contributed by atoms with Gasteiger partial charge in [0.2, 0.25) is 0 Å². The molecule has 0 saturated heterocycles. The fourth-order valence-electron chi connectivity index (χ4n) is 2.22. The van der Waals surface area contributed by atoms with Gasteiger partial charge in [-0.25, -0.2) is 13.2 Å². The van der Waals surface area contributed by atoms with E-state index in [1.54, 1.807) is 0 Å². The number of esters is 1. The van der Waals surface area contributed by atoms with Crippen molar-refractivity contribution in [3.05, 3.63) is 28.8 Å². The molecule has 1 aliphatic rings. The Morgan fingerprint density at radius 1 is 1.20 bits per heavy atom. The maximum atomic E-state index is 12.0. The number of rotatable bonds is 3. The molecule has 1 aromatic rings. The van der Waals surface area contributed by atoms with Gasteiger partial charge < -0.3 is 4.74 Å². The molecule has 0 atom stereocenters. The molecule has 0 unspecified atom stereocenters. The van der Waals surface area contributed by atoms with Gasteiger partial charge in [-0.05, 0) is 43.9 Å². The molecule has 1 aliphatic carbocycles. The van der Waals surface area contributed by atoms with E-state index in [0.29, 0.717) is 0 Å². The first-order valence-electron chi connectivity index (χ1n) is 6.33. The molecule has 0 radical (unpaired) electrons. The number of benzene rings is 1. The van der Waals surface area contributed by atoms with E-state index in [4.69, 9.17) is 27.0 Å². The van der Waals surface area contributed by atoms with Crippen molar-refractivity contribution >= 4 is 37.3 Å². The topological polar surface area (TPSA) is 60.4 Å². The van der Waals surface area contributed by atoms with E-state index in [2.05, 4.69) is 0 Å². The van der Waals surface area contributed by atoms with Crippen molar-refractivity contribution in [3.63, 3.8) is 0 Å². The normalized spacial score (nSPS) is 16.9. The Balaban J connectivity index is 2.18. The maximum absolute atomic E-state index is 12.0. The van der Waals surface area contributed by atoms with Crippen LogP contribution in [0.5, 0.6) is 0 Å². The largest absolute Gasteiger partial charge is 0.459 e. The Morgan fingerprint density at radius 2 is 1.85 bits per heavy atom. The third-order valence-electron chi connectivity index (χ3n) is 3.26. The molecule has 0 spiro atoms. The van der Waals surface area contributed by atoms with Crippen LogP contribution in [0.1, 0.15) is 42.5 Å². The minimum Gasteiger partial charge on any atom is -0.459 e. The van der Waals surface area contributed by atoms with Crippen LogP contribution in [0.2, 0.25) is 5.02 Å². The smallest absolute Gasteiger partial charge is 0.338 e. The monoisotopic (exact) mass is 336 g/mol. The van der Waals surface area contributed by atoms with Crippen LogP contribution in [0.15, 0.2) is 23.1 Å². The van der Waals surface area contributed by atoms with Crippen LogP contribution in [0, 0.1) is 0 Å². The van der Waals surface area contributed by atoms with Crippen molar-refractivity contribution in [2.45, 2.75) is 43.1 Å². The average molecular weight is 337 g/mol. The summed E-state index contributed by atoms with van der Waals surface area (Å²) in [5.74, 6) is -0.546. The van der Waals surface area contributed by atoms with E-state index in [-0.39, 0.29) is 21.6 Å². The van der Waals surface area contributed by atoms with Crippen molar-refractivity contribution in [1.82, 2.24) is 0 Å². The fourth-order valence-corrected chi connectivity index (χ4v) is 3.71. The first-order chi connectivity index (χ1) is 9.38. The second-order valence-electron chi connectivity index (χ2n) is 4.75. The van der Waals surface area contributed by atoms with Crippen LogP contribution < -0.4 is 0 Å². The zero-order valence-electron chi connectivity index (χ0n) is 10.6. The van der Waals surface area contributed by atoms with Gasteiger partial charge in [0, 0.05) is 10.7 Å². The van der Waals surface area contributed by atoms with Gasteiger partial charge in [0.1, 0.15) is 11.0 Å². The molecule has 0 amide bonds. The zero-order valence-corrected chi connectivity index (χ0v) is 13.0. The van der Waals surface area contributed by atoms with Gasteiger partial charge in [-0.3, -0.25) is 0 Å². The van der Waals surface area contributed by atoms with Gasteiger partial charge in [0.15, 0.2) is 0 Å². The highest BCUT2D eigenvalue weighted by Crippen LogP contribution is 2.27. The summed E-state index contributed by atoms with van der Waals surface area (Å²) in [4.78, 5) is 11.7. The standard InChI is InChI=1S/C13H14Cl2O4S/c14-11-7-6-9(8-12(11)20(15,17)18)13(16)19-10-4-2-1-3-5-10/h6-8,10H,1-5H2. The zero-order chi connectivity index (χ0) is 14.8. The summed E-state index contributed by atoms with van der Waals surface area (Å²) in [6.45, 7) is 0. The summed E-state index contributed by atoms with van der Waals surface area (Å²) in [7, 11) is 1.28. The summed E-state index contributed by atoms with van der Waals surface area (Å²) in [5, 5.41) is -0.0192. The third kappa shape index (κ3) is 3.87. The molecule has 20 heavy (non-hydrogen) atoms. The molecule has 1 saturated carbocycles. The van der Waals surface area contributed by atoms with Crippen LogP contribution in [0.4, 0.5) is 0 Å². The van der Waals surface area contributed by atoms with Gasteiger partial charge in [-0.1, -0.05) is 18.0 Å². The van der Waals surface area contributed by atoms with Crippen molar-refractivity contribution in [2.75, 3.05) is 0 Å². The lowest BCUT2D eigenvalue weighted by Gasteiger charge is -2.21. The Kier molecular flexibility index (Phi) is 4.94. The minimum absolute atomic E-state index is 0.0192. The van der Waals surface area contributed by atoms with E-state index in [1.165, 1.54) is 12.1 Å². The highest BCUT2D eigenvalue weighted by Gasteiger charge is 2.21.